The molecule has 0 radical (unpaired) electrons. The van der Waals surface area contributed by atoms with Gasteiger partial charge in [-0.15, -0.1) is 0 Å². The number of likely N-dealkylation sites (N-methyl/N-ethyl adjacent to an activating group) is 1. The Bertz CT molecular complexity index is 540. The lowest BCUT2D eigenvalue weighted by Gasteiger charge is -2.35. The first-order valence-electron chi connectivity index (χ1n) is 8.25. The normalized spacial score (nSPS) is 15.4. The Labute approximate surface area is 143 Å². The Kier molecular flexibility index (Phi) is 7.38. The number of carboxylic acids is 1. The number of hydrogen-bond donors (Lipinski definition) is 1. The molecule has 1 amide bonds. The molecule has 0 aliphatic carbocycles. The minimum absolute atomic E-state index is 0.205. The highest BCUT2D eigenvalue weighted by molar-refractivity contribution is 5.84. The number of amides is 1. The van der Waals surface area contributed by atoms with Gasteiger partial charge < -0.3 is 25.1 Å². The van der Waals surface area contributed by atoms with Gasteiger partial charge >= 0.3 is 0 Å². The summed E-state index contributed by atoms with van der Waals surface area (Å²) in [5.74, 6) is -3.50. The second-order valence-corrected chi connectivity index (χ2v) is 6.65. The molecule has 3 atom stereocenters. The van der Waals surface area contributed by atoms with Crippen LogP contribution in [-0.2, 0) is 9.59 Å². The fraction of sp³-hybridized carbons (Fsp3) is 0.556. The van der Waals surface area contributed by atoms with Gasteiger partial charge in [-0.05, 0) is 17.9 Å². The van der Waals surface area contributed by atoms with Crippen LogP contribution in [0.15, 0.2) is 30.3 Å². The SMILES string of the molecule is CCC(c1ccccc1)C(C(=O)NCC[N+](C)(C)[O-])C(C)C(=O)[O-]. The summed E-state index contributed by atoms with van der Waals surface area (Å²) in [5, 5.41) is 25.7. The molecule has 0 aliphatic heterocycles. The van der Waals surface area contributed by atoms with Crippen LogP contribution in [0, 0.1) is 17.0 Å². The molecule has 1 N–H and O–H groups in total. The molecule has 0 spiro atoms. The standard InChI is InChI=1S/C18H28N2O4/c1-5-15(14-9-7-6-8-10-14)16(13(2)18(22)23)17(21)19-11-12-20(3,4)24/h6-10,13,15-16H,5,11-12H2,1-4H3,(H,19,21)(H,22,23)/p-1. The van der Waals surface area contributed by atoms with Crippen molar-refractivity contribution in [1.29, 1.82) is 0 Å². The predicted molar refractivity (Wildman–Crippen MR) is 90.5 cm³/mol. The highest BCUT2D eigenvalue weighted by Gasteiger charge is 2.33. The Morgan fingerprint density at radius 2 is 1.79 bits per heavy atom. The summed E-state index contributed by atoms with van der Waals surface area (Å²) >= 11 is 0. The maximum atomic E-state index is 12.6. The lowest BCUT2D eigenvalue weighted by atomic mass is 9.76. The van der Waals surface area contributed by atoms with Crippen LogP contribution in [0.5, 0.6) is 0 Å². The van der Waals surface area contributed by atoms with Crippen LogP contribution in [0.1, 0.15) is 31.7 Å². The van der Waals surface area contributed by atoms with Crippen molar-refractivity contribution in [3.63, 3.8) is 0 Å². The number of nitrogens with zero attached hydrogens (tertiary/aromatic N) is 1. The number of carbonyl (C=O) groups is 2. The molecule has 0 bridgehead atoms. The molecule has 0 heterocycles. The fourth-order valence-electron chi connectivity index (χ4n) is 2.87. The van der Waals surface area contributed by atoms with Crippen LogP contribution in [0.25, 0.3) is 0 Å². The molecule has 0 saturated carbocycles. The first-order valence-corrected chi connectivity index (χ1v) is 8.25. The summed E-state index contributed by atoms with van der Waals surface area (Å²) in [5.41, 5.74) is 0.924. The zero-order valence-electron chi connectivity index (χ0n) is 14.8. The molecule has 24 heavy (non-hydrogen) atoms. The number of carboxylic acid groups (broad SMARTS) is 1. The van der Waals surface area contributed by atoms with Crippen molar-refractivity contribution >= 4 is 11.9 Å². The highest BCUT2D eigenvalue weighted by Crippen LogP contribution is 2.33. The van der Waals surface area contributed by atoms with Gasteiger partial charge in [0.25, 0.3) is 0 Å². The molecule has 1 aromatic rings. The molecule has 6 heteroatoms. The third kappa shape index (κ3) is 5.94. The maximum absolute atomic E-state index is 12.6. The molecule has 0 aromatic heterocycles. The van der Waals surface area contributed by atoms with E-state index in [2.05, 4.69) is 5.32 Å². The van der Waals surface area contributed by atoms with Gasteiger partial charge in [0.15, 0.2) is 0 Å². The van der Waals surface area contributed by atoms with E-state index in [1.807, 2.05) is 37.3 Å². The van der Waals surface area contributed by atoms with Gasteiger partial charge in [-0.3, -0.25) is 4.79 Å². The second-order valence-electron chi connectivity index (χ2n) is 6.65. The number of hydrogen-bond acceptors (Lipinski definition) is 4. The monoisotopic (exact) mass is 335 g/mol. The van der Waals surface area contributed by atoms with E-state index in [-0.39, 0.29) is 24.9 Å². The lowest BCUT2D eigenvalue weighted by molar-refractivity contribution is -0.838. The van der Waals surface area contributed by atoms with Gasteiger partial charge in [-0.2, -0.15) is 0 Å². The smallest absolute Gasteiger partial charge is 0.224 e. The Morgan fingerprint density at radius 1 is 1.21 bits per heavy atom. The minimum Gasteiger partial charge on any atom is -0.633 e. The molecule has 0 aliphatic rings. The molecule has 6 nitrogen and oxygen atoms in total. The number of aliphatic carboxylic acids is 1. The van der Waals surface area contributed by atoms with Crippen LogP contribution in [0.2, 0.25) is 0 Å². The van der Waals surface area contributed by atoms with Gasteiger partial charge in [0, 0.05) is 11.9 Å². The van der Waals surface area contributed by atoms with E-state index in [1.54, 1.807) is 0 Å². The Morgan fingerprint density at radius 3 is 2.25 bits per heavy atom. The van der Waals surface area contributed by atoms with Gasteiger partial charge in [-0.1, -0.05) is 44.2 Å². The van der Waals surface area contributed by atoms with Gasteiger partial charge in [0.2, 0.25) is 5.91 Å². The first kappa shape index (κ1) is 20.1. The van der Waals surface area contributed by atoms with E-state index in [0.717, 1.165) is 5.56 Å². The maximum Gasteiger partial charge on any atom is 0.224 e. The van der Waals surface area contributed by atoms with Crippen molar-refractivity contribution < 1.29 is 19.3 Å². The van der Waals surface area contributed by atoms with Crippen LogP contribution < -0.4 is 10.4 Å². The van der Waals surface area contributed by atoms with Crippen LogP contribution >= 0.6 is 0 Å². The van der Waals surface area contributed by atoms with E-state index < -0.39 is 22.5 Å². The molecule has 0 saturated heterocycles. The van der Waals surface area contributed by atoms with Crippen molar-refractivity contribution in [2.75, 3.05) is 27.2 Å². The topological polar surface area (TPSA) is 92.3 Å². The fourth-order valence-corrected chi connectivity index (χ4v) is 2.87. The summed E-state index contributed by atoms with van der Waals surface area (Å²) in [7, 11) is 2.98. The van der Waals surface area contributed by atoms with Gasteiger partial charge in [-0.25, -0.2) is 0 Å². The largest absolute Gasteiger partial charge is 0.633 e. The van der Waals surface area contributed by atoms with Gasteiger partial charge in [0.1, 0.15) is 0 Å². The molecule has 1 rings (SSSR count). The van der Waals surface area contributed by atoms with Crippen molar-refractivity contribution in [3.8, 4) is 0 Å². The van der Waals surface area contributed by atoms with Crippen molar-refractivity contribution in [2.24, 2.45) is 11.8 Å². The van der Waals surface area contributed by atoms with E-state index in [1.165, 1.54) is 21.0 Å². The summed E-state index contributed by atoms with van der Waals surface area (Å²) < 4.78 is -0.517. The van der Waals surface area contributed by atoms with Crippen molar-refractivity contribution in [3.05, 3.63) is 41.1 Å². The third-order valence-electron chi connectivity index (χ3n) is 4.26. The van der Waals surface area contributed by atoms with Crippen molar-refractivity contribution in [2.45, 2.75) is 26.2 Å². The molecule has 0 fully saturated rings. The molecular formula is C18H27N2O4-. The summed E-state index contributed by atoms with van der Waals surface area (Å²) in [6.07, 6.45) is 0.628. The summed E-state index contributed by atoms with van der Waals surface area (Å²) in [4.78, 5) is 24.0. The van der Waals surface area contributed by atoms with E-state index in [9.17, 15) is 19.9 Å². The van der Waals surface area contributed by atoms with Crippen LogP contribution in [-0.4, -0.2) is 43.7 Å². The van der Waals surface area contributed by atoms with E-state index in [4.69, 9.17) is 0 Å². The number of carbonyl (C=O) groups excluding carboxylic acids is 2. The quantitative estimate of drug-likeness (QED) is 0.535. The van der Waals surface area contributed by atoms with Crippen LogP contribution in [0.4, 0.5) is 0 Å². The van der Waals surface area contributed by atoms with E-state index in [0.29, 0.717) is 6.42 Å². The second kappa shape index (κ2) is 8.80. The van der Waals surface area contributed by atoms with Gasteiger partial charge in [0.05, 0.1) is 33.1 Å². The lowest BCUT2D eigenvalue weighted by Crippen LogP contribution is -2.47. The predicted octanol–water partition coefficient (Wildman–Crippen LogP) is 0.873. The van der Waals surface area contributed by atoms with Crippen molar-refractivity contribution in [1.82, 2.24) is 5.32 Å². The summed E-state index contributed by atoms with van der Waals surface area (Å²) in [6.45, 7) is 3.85. The highest BCUT2D eigenvalue weighted by atomic mass is 16.5. The minimum atomic E-state index is -1.25. The summed E-state index contributed by atoms with van der Waals surface area (Å²) in [6, 6.07) is 9.41. The third-order valence-corrected chi connectivity index (χ3v) is 4.26. The number of hydroxylamine groups is 3. The van der Waals surface area contributed by atoms with Crippen LogP contribution in [0.3, 0.4) is 0 Å². The zero-order chi connectivity index (χ0) is 18.3. The Balaban J connectivity index is 2.98. The Hall–Kier alpha value is -1.92. The average Bonchev–Trinajstić information content (AvgIpc) is 2.51. The molecule has 134 valence electrons. The molecular weight excluding hydrogens is 308 g/mol. The first-order chi connectivity index (χ1) is 11.2. The zero-order valence-corrected chi connectivity index (χ0v) is 14.8. The number of nitrogens with one attached hydrogen (secondary N) is 1. The number of benzene rings is 1. The average molecular weight is 335 g/mol. The van der Waals surface area contributed by atoms with E-state index >= 15 is 0 Å². The number of quaternary nitrogens is 1. The number of rotatable bonds is 9. The molecule has 3 unspecified atom stereocenters. The molecule has 1 aromatic carbocycles.